The van der Waals surface area contributed by atoms with Gasteiger partial charge in [-0.2, -0.15) is 0 Å². The molecule has 2 heterocycles. The van der Waals surface area contributed by atoms with Crippen LogP contribution in [-0.4, -0.2) is 17.2 Å². The van der Waals surface area contributed by atoms with Crippen LogP contribution in [0.1, 0.15) is 25.8 Å². The van der Waals surface area contributed by atoms with Crippen molar-refractivity contribution in [2.24, 2.45) is 0 Å². The fourth-order valence-corrected chi connectivity index (χ4v) is 2.44. The highest BCUT2D eigenvalue weighted by atomic mass is 35.5. The van der Waals surface area contributed by atoms with Crippen LogP contribution in [0, 0.1) is 0 Å². The zero-order chi connectivity index (χ0) is 19.4. The fraction of sp³-hybridized carbons (Fsp3) is 0.222. The van der Waals surface area contributed by atoms with E-state index in [1.165, 1.54) is 37.4 Å². The van der Waals surface area contributed by atoms with Crippen LogP contribution in [0.15, 0.2) is 39.5 Å². The second-order valence-electron chi connectivity index (χ2n) is 4.86. The van der Waals surface area contributed by atoms with Gasteiger partial charge in [-0.25, -0.2) is 13.8 Å². The third-order valence-electron chi connectivity index (χ3n) is 3.41. The molecule has 0 bridgehead atoms. The molecule has 26 heavy (non-hydrogen) atoms. The molecule has 0 amide bonds. The van der Waals surface area contributed by atoms with E-state index in [0.29, 0.717) is 0 Å². The molecule has 1 N–H and O–H groups in total. The topological polar surface area (TPSA) is 72.6 Å². The number of ether oxygens (including phenoxy) is 1. The van der Waals surface area contributed by atoms with Gasteiger partial charge in [-0.3, -0.25) is 4.79 Å². The van der Waals surface area contributed by atoms with Crippen LogP contribution in [0.25, 0.3) is 22.3 Å². The molecule has 138 valence electrons. The van der Waals surface area contributed by atoms with Gasteiger partial charge >= 0.3 is 0 Å². The Balaban J connectivity index is 0.00000117. The highest BCUT2D eigenvalue weighted by Gasteiger charge is 2.20. The lowest BCUT2D eigenvalue weighted by Gasteiger charge is -2.09. The van der Waals surface area contributed by atoms with Gasteiger partial charge in [0, 0.05) is 17.2 Å². The number of alkyl halides is 2. The van der Waals surface area contributed by atoms with Gasteiger partial charge in [0.25, 0.3) is 6.43 Å². The summed E-state index contributed by atoms with van der Waals surface area (Å²) in [6.07, 6.45) is -2.62. The molecule has 2 aromatic heterocycles. The maximum absolute atomic E-state index is 12.6. The quantitative estimate of drug-likeness (QED) is 0.630. The lowest BCUT2D eigenvalue weighted by atomic mass is 10.1. The number of hydrogen-bond donors (Lipinski definition) is 1. The van der Waals surface area contributed by atoms with Crippen molar-refractivity contribution in [3.05, 3.63) is 51.3 Å². The Labute approximate surface area is 152 Å². The summed E-state index contributed by atoms with van der Waals surface area (Å²) in [7, 11) is 1.30. The molecule has 0 spiro atoms. The molecule has 1 aromatic carbocycles. The Bertz CT molecular complexity index is 972. The van der Waals surface area contributed by atoms with E-state index in [9.17, 15) is 18.7 Å². The lowest BCUT2D eigenvalue weighted by molar-refractivity contribution is 0.151. The van der Waals surface area contributed by atoms with Gasteiger partial charge in [-0.1, -0.05) is 49.7 Å². The van der Waals surface area contributed by atoms with Crippen LogP contribution in [0.4, 0.5) is 8.78 Å². The van der Waals surface area contributed by atoms with Crippen molar-refractivity contribution in [1.82, 2.24) is 4.98 Å². The summed E-state index contributed by atoms with van der Waals surface area (Å²) >= 11 is 5.85. The molecule has 0 aliphatic heterocycles. The molecule has 8 heteroatoms. The number of pyridine rings is 1. The van der Waals surface area contributed by atoms with E-state index in [-0.39, 0.29) is 38.9 Å². The van der Waals surface area contributed by atoms with E-state index in [0.717, 1.165) is 0 Å². The average Bonchev–Trinajstić information content (AvgIpc) is 2.65. The summed E-state index contributed by atoms with van der Waals surface area (Å²) in [5.74, 6) is -0.909. The number of aromatic hydroxyl groups is 1. The number of methoxy groups -OCH3 is 1. The number of aromatic nitrogens is 1. The molecule has 5 nitrogen and oxygen atoms in total. The van der Waals surface area contributed by atoms with Gasteiger partial charge in [0.1, 0.15) is 16.1 Å². The molecule has 0 unspecified atom stereocenters. The maximum Gasteiger partial charge on any atom is 0.263 e. The van der Waals surface area contributed by atoms with Crippen molar-refractivity contribution in [1.29, 1.82) is 0 Å². The van der Waals surface area contributed by atoms with Crippen LogP contribution in [0.3, 0.4) is 0 Å². The number of rotatable bonds is 3. The number of fused-ring (bicyclic) bond motifs is 1. The van der Waals surface area contributed by atoms with E-state index in [1.54, 1.807) is 0 Å². The van der Waals surface area contributed by atoms with Crippen LogP contribution in [0.2, 0.25) is 5.15 Å². The zero-order valence-corrected chi connectivity index (χ0v) is 15.0. The molecule has 0 saturated carbocycles. The first-order chi connectivity index (χ1) is 12.4. The monoisotopic (exact) mass is 383 g/mol. The molecule has 0 radical (unpaired) electrons. The van der Waals surface area contributed by atoms with E-state index in [4.69, 9.17) is 20.8 Å². The second kappa shape index (κ2) is 8.14. The Morgan fingerprint density at radius 2 is 1.85 bits per heavy atom. The maximum atomic E-state index is 12.6. The molecule has 3 rings (SSSR count). The molecular weight excluding hydrogens is 368 g/mol. The summed E-state index contributed by atoms with van der Waals surface area (Å²) < 4.78 is 35.8. The van der Waals surface area contributed by atoms with Crippen molar-refractivity contribution >= 4 is 22.6 Å². The van der Waals surface area contributed by atoms with Crippen molar-refractivity contribution < 1.29 is 23.0 Å². The molecule has 0 aliphatic carbocycles. The van der Waals surface area contributed by atoms with Gasteiger partial charge < -0.3 is 14.3 Å². The van der Waals surface area contributed by atoms with Crippen LogP contribution < -0.4 is 10.2 Å². The van der Waals surface area contributed by atoms with Crippen molar-refractivity contribution in [3.8, 4) is 23.0 Å². The second-order valence-corrected chi connectivity index (χ2v) is 5.25. The van der Waals surface area contributed by atoms with E-state index >= 15 is 0 Å². The number of nitrogens with zero attached hydrogens (tertiary/aromatic N) is 1. The predicted molar refractivity (Wildman–Crippen MR) is 95.2 cm³/mol. The molecule has 3 aromatic rings. The van der Waals surface area contributed by atoms with Crippen molar-refractivity contribution in [2.45, 2.75) is 20.3 Å². The van der Waals surface area contributed by atoms with E-state index in [1.807, 2.05) is 13.8 Å². The minimum absolute atomic E-state index is 0.0344. The standard InChI is InChI=1S/C16H10ClF2NO4.C2H6/c1-23-16-11-9(6-10(17)20-16)24-14(13(22)12(11)21)7-2-4-8(5-3-7)15(18)19;1-2/h2-6,15,22H,1H3;1-2H3. The van der Waals surface area contributed by atoms with Gasteiger partial charge in [0.05, 0.1) is 7.11 Å². The summed E-state index contributed by atoms with van der Waals surface area (Å²) in [4.78, 5) is 16.2. The first-order valence-electron chi connectivity index (χ1n) is 7.71. The first kappa shape index (κ1) is 19.7. The zero-order valence-electron chi connectivity index (χ0n) is 14.2. The van der Waals surface area contributed by atoms with E-state index < -0.39 is 17.6 Å². The van der Waals surface area contributed by atoms with Gasteiger partial charge in [-0.15, -0.1) is 0 Å². The molecule has 0 atom stereocenters. The molecule has 0 fully saturated rings. The van der Waals surface area contributed by atoms with Crippen LogP contribution >= 0.6 is 11.6 Å². The lowest BCUT2D eigenvalue weighted by Crippen LogP contribution is -2.06. The first-order valence-corrected chi connectivity index (χ1v) is 8.09. The van der Waals surface area contributed by atoms with E-state index in [2.05, 4.69) is 4.98 Å². The fourth-order valence-electron chi connectivity index (χ4n) is 2.26. The summed E-state index contributed by atoms with van der Waals surface area (Å²) in [6, 6.07) is 6.32. The minimum atomic E-state index is -2.62. The molecule has 0 saturated heterocycles. The largest absolute Gasteiger partial charge is 0.502 e. The van der Waals surface area contributed by atoms with Crippen molar-refractivity contribution in [2.75, 3.05) is 7.11 Å². The Hall–Kier alpha value is -2.67. The van der Waals surface area contributed by atoms with Crippen molar-refractivity contribution in [3.63, 3.8) is 0 Å². The highest BCUT2D eigenvalue weighted by molar-refractivity contribution is 6.30. The van der Waals surface area contributed by atoms with Gasteiger partial charge in [-0.05, 0) is 0 Å². The Morgan fingerprint density at radius 1 is 1.23 bits per heavy atom. The summed E-state index contributed by atoms with van der Waals surface area (Å²) in [5, 5.41) is 10.1. The van der Waals surface area contributed by atoms with Crippen LogP contribution in [-0.2, 0) is 0 Å². The predicted octanol–water partition coefficient (Wildman–Crippen LogP) is 5.19. The highest BCUT2D eigenvalue weighted by Crippen LogP contribution is 2.34. The van der Waals surface area contributed by atoms with Gasteiger partial charge in [0.15, 0.2) is 5.76 Å². The normalized spacial score (nSPS) is 10.6. The minimum Gasteiger partial charge on any atom is -0.502 e. The summed E-state index contributed by atoms with van der Waals surface area (Å²) in [5.41, 5.74) is -0.620. The number of benzene rings is 1. The number of hydrogen-bond acceptors (Lipinski definition) is 5. The van der Waals surface area contributed by atoms with Crippen LogP contribution in [0.5, 0.6) is 11.6 Å². The number of halogens is 3. The Kier molecular flexibility index (Phi) is 6.15. The molecular formula is C18H16ClF2NO4. The molecule has 0 aliphatic rings. The SMILES string of the molecule is CC.COc1nc(Cl)cc2oc(-c3ccc(C(F)F)cc3)c(O)c(=O)c12. The smallest absolute Gasteiger partial charge is 0.263 e. The summed E-state index contributed by atoms with van der Waals surface area (Å²) in [6.45, 7) is 4.00. The average molecular weight is 384 g/mol. The third-order valence-corrected chi connectivity index (χ3v) is 3.60. The van der Waals surface area contributed by atoms with Gasteiger partial charge in [0.2, 0.25) is 17.1 Å². The third kappa shape index (κ3) is 3.62. The Morgan fingerprint density at radius 3 is 2.38 bits per heavy atom.